The summed E-state index contributed by atoms with van der Waals surface area (Å²) in [4.78, 5) is 11.4. The zero-order valence-electron chi connectivity index (χ0n) is 12.0. The van der Waals surface area contributed by atoms with E-state index >= 15 is 0 Å². The van der Waals surface area contributed by atoms with E-state index in [2.05, 4.69) is 25.4 Å². The SMILES string of the molecule is COC(=O)c1ccc(S(=O)(=O)Nc2ccc(C)cc2Br)cc1. The van der Waals surface area contributed by atoms with Gasteiger partial charge in [-0.15, -0.1) is 0 Å². The fourth-order valence-corrected chi connectivity index (χ4v) is 3.60. The molecule has 0 aliphatic carbocycles. The Balaban J connectivity index is 2.28. The van der Waals surface area contributed by atoms with E-state index < -0.39 is 16.0 Å². The van der Waals surface area contributed by atoms with Crippen molar-refractivity contribution in [3.63, 3.8) is 0 Å². The monoisotopic (exact) mass is 383 g/mol. The lowest BCUT2D eigenvalue weighted by Gasteiger charge is -2.10. The second-order valence-electron chi connectivity index (χ2n) is 4.60. The van der Waals surface area contributed by atoms with Crippen LogP contribution in [0.1, 0.15) is 15.9 Å². The number of carbonyl (C=O) groups is 1. The Morgan fingerprint density at radius 3 is 2.32 bits per heavy atom. The van der Waals surface area contributed by atoms with E-state index in [1.54, 1.807) is 6.07 Å². The molecule has 1 N–H and O–H groups in total. The van der Waals surface area contributed by atoms with Crippen LogP contribution in [-0.2, 0) is 14.8 Å². The Morgan fingerprint density at radius 2 is 1.77 bits per heavy atom. The Labute approximate surface area is 137 Å². The fraction of sp³-hybridized carbons (Fsp3) is 0.133. The topological polar surface area (TPSA) is 72.5 Å². The van der Waals surface area contributed by atoms with Crippen molar-refractivity contribution in [1.29, 1.82) is 0 Å². The van der Waals surface area contributed by atoms with Crippen molar-refractivity contribution in [2.45, 2.75) is 11.8 Å². The predicted molar refractivity (Wildman–Crippen MR) is 87.5 cm³/mol. The van der Waals surface area contributed by atoms with Gasteiger partial charge >= 0.3 is 5.97 Å². The number of carbonyl (C=O) groups excluding carboxylic acids is 1. The molecule has 0 unspecified atom stereocenters. The molecule has 2 aromatic carbocycles. The summed E-state index contributed by atoms with van der Waals surface area (Å²) in [6, 6.07) is 10.8. The van der Waals surface area contributed by atoms with Crippen molar-refractivity contribution in [1.82, 2.24) is 0 Å². The highest BCUT2D eigenvalue weighted by atomic mass is 79.9. The molecule has 0 heterocycles. The first-order valence-corrected chi connectivity index (χ1v) is 8.58. The molecule has 0 aromatic heterocycles. The number of aryl methyl sites for hydroxylation is 1. The number of hydrogen-bond donors (Lipinski definition) is 1. The molecule has 2 aromatic rings. The zero-order chi connectivity index (χ0) is 16.3. The highest BCUT2D eigenvalue weighted by Gasteiger charge is 2.16. The highest BCUT2D eigenvalue weighted by molar-refractivity contribution is 9.10. The molecule has 0 aliphatic heterocycles. The second-order valence-corrected chi connectivity index (χ2v) is 7.14. The van der Waals surface area contributed by atoms with Crippen LogP contribution in [0.25, 0.3) is 0 Å². The molecule has 0 saturated carbocycles. The summed E-state index contributed by atoms with van der Waals surface area (Å²) in [5.41, 5.74) is 1.75. The first-order chi connectivity index (χ1) is 10.3. The lowest BCUT2D eigenvalue weighted by Crippen LogP contribution is -2.13. The van der Waals surface area contributed by atoms with Gasteiger partial charge in [0.15, 0.2) is 0 Å². The van der Waals surface area contributed by atoms with Gasteiger partial charge in [-0.3, -0.25) is 4.72 Å². The van der Waals surface area contributed by atoms with Crippen LogP contribution in [0, 0.1) is 6.92 Å². The van der Waals surface area contributed by atoms with Gasteiger partial charge in [-0.25, -0.2) is 13.2 Å². The van der Waals surface area contributed by atoms with E-state index in [-0.39, 0.29) is 10.5 Å². The second kappa shape index (κ2) is 6.50. The van der Waals surface area contributed by atoms with Crippen LogP contribution in [0.5, 0.6) is 0 Å². The maximum absolute atomic E-state index is 12.3. The van der Waals surface area contributed by atoms with Gasteiger partial charge in [0, 0.05) is 4.47 Å². The molecule has 0 atom stereocenters. The number of ether oxygens (including phenoxy) is 1. The van der Waals surface area contributed by atoms with Crippen LogP contribution in [0.3, 0.4) is 0 Å². The van der Waals surface area contributed by atoms with Gasteiger partial charge in [0.05, 0.1) is 23.3 Å². The number of nitrogens with one attached hydrogen (secondary N) is 1. The molecule has 0 spiro atoms. The van der Waals surface area contributed by atoms with E-state index in [9.17, 15) is 13.2 Å². The summed E-state index contributed by atoms with van der Waals surface area (Å²) < 4.78 is 32.4. The van der Waals surface area contributed by atoms with Crippen LogP contribution in [-0.4, -0.2) is 21.5 Å². The van der Waals surface area contributed by atoms with Crippen molar-refractivity contribution < 1.29 is 17.9 Å². The lowest BCUT2D eigenvalue weighted by molar-refractivity contribution is 0.0600. The summed E-state index contributed by atoms with van der Waals surface area (Å²) in [7, 11) is -2.46. The molecule has 22 heavy (non-hydrogen) atoms. The number of anilines is 1. The van der Waals surface area contributed by atoms with E-state index in [0.717, 1.165) is 5.56 Å². The minimum absolute atomic E-state index is 0.0626. The molecule has 0 bridgehead atoms. The number of halogens is 1. The number of sulfonamides is 1. The van der Waals surface area contributed by atoms with Crippen LogP contribution in [0.4, 0.5) is 5.69 Å². The summed E-state index contributed by atoms with van der Waals surface area (Å²) in [5, 5.41) is 0. The van der Waals surface area contributed by atoms with Crippen molar-refractivity contribution in [3.8, 4) is 0 Å². The normalized spacial score (nSPS) is 11.0. The number of esters is 1. The van der Waals surface area contributed by atoms with Gasteiger partial charge in [-0.1, -0.05) is 6.07 Å². The van der Waals surface area contributed by atoms with Gasteiger partial charge in [-0.05, 0) is 64.8 Å². The summed E-state index contributed by atoms with van der Waals surface area (Å²) in [5.74, 6) is -0.516. The van der Waals surface area contributed by atoms with Crippen molar-refractivity contribution in [2.24, 2.45) is 0 Å². The minimum atomic E-state index is -3.73. The van der Waals surface area contributed by atoms with E-state index in [1.165, 1.54) is 31.4 Å². The van der Waals surface area contributed by atoms with E-state index in [4.69, 9.17) is 0 Å². The standard InChI is InChI=1S/C15H14BrNO4S/c1-10-3-8-14(13(16)9-10)17-22(19,20)12-6-4-11(5-7-12)15(18)21-2/h3-9,17H,1-2H3. The molecule has 5 nitrogen and oxygen atoms in total. The molecular formula is C15H14BrNO4S. The molecule has 116 valence electrons. The Kier molecular flexibility index (Phi) is 4.87. The third-order valence-electron chi connectivity index (χ3n) is 2.95. The van der Waals surface area contributed by atoms with Gasteiger partial charge in [0.2, 0.25) is 0 Å². The van der Waals surface area contributed by atoms with Gasteiger partial charge < -0.3 is 4.74 Å². The third kappa shape index (κ3) is 3.66. The summed E-state index contributed by atoms with van der Waals surface area (Å²) in [6.07, 6.45) is 0. The number of hydrogen-bond acceptors (Lipinski definition) is 4. The Bertz CT molecular complexity index is 801. The van der Waals surface area contributed by atoms with Crippen molar-refractivity contribution >= 4 is 37.6 Å². The molecule has 0 fully saturated rings. The van der Waals surface area contributed by atoms with E-state index in [0.29, 0.717) is 10.2 Å². The van der Waals surface area contributed by atoms with Gasteiger partial charge in [0.1, 0.15) is 0 Å². The van der Waals surface area contributed by atoms with Gasteiger partial charge in [0.25, 0.3) is 10.0 Å². The number of benzene rings is 2. The lowest BCUT2D eigenvalue weighted by atomic mass is 10.2. The molecule has 0 aliphatic rings. The molecule has 0 amide bonds. The molecule has 0 radical (unpaired) electrons. The van der Waals surface area contributed by atoms with Crippen LogP contribution in [0.15, 0.2) is 51.8 Å². The average molecular weight is 384 g/mol. The summed E-state index contributed by atoms with van der Waals surface area (Å²) >= 11 is 3.32. The van der Waals surface area contributed by atoms with Crippen LogP contribution >= 0.6 is 15.9 Å². The smallest absolute Gasteiger partial charge is 0.337 e. The number of rotatable bonds is 4. The highest BCUT2D eigenvalue weighted by Crippen LogP contribution is 2.26. The number of methoxy groups -OCH3 is 1. The zero-order valence-corrected chi connectivity index (χ0v) is 14.4. The maximum Gasteiger partial charge on any atom is 0.337 e. The molecule has 2 rings (SSSR count). The maximum atomic E-state index is 12.3. The third-order valence-corrected chi connectivity index (χ3v) is 4.99. The first kappa shape index (κ1) is 16.5. The van der Waals surface area contributed by atoms with E-state index in [1.807, 2.05) is 19.1 Å². The van der Waals surface area contributed by atoms with Crippen molar-refractivity contribution in [3.05, 3.63) is 58.1 Å². The van der Waals surface area contributed by atoms with Crippen LogP contribution in [0.2, 0.25) is 0 Å². The molecule has 7 heteroatoms. The first-order valence-electron chi connectivity index (χ1n) is 6.31. The molecule has 0 saturated heterocycles. The predicted octanol–water partition coefficient (Wildman–Crippen LogP) is 3.34. The summed E-state index contributed by atoms with van der Waals surface area (Å²) in [6.45, 7) is 1.91. The fourth-order valence-electron chi connectivity index (χ4n) is 1.79. The average Bonchev–Trinajstić information content (AvgIpc) is 2.49. The van der Waals surface area contributed by atoms with Crippen molar-refractivity contribution in [2.75, 3.05) is 11.8 Å². The Morgan fingerprint density at radius 1 is 1.14 bits per heavy atom. The quantitative estimate of drug-likeness (QED) is 0.821. The minimum Gasteiger partial charge on any atom is -0.465 e. The molecular weight excluding hydrogens is 370 g/mol. The van der Waals surface area contributed by atoms with Crippen LogP contribution < -0.4 is 4.72 Å². The van der Waals surface area contributed by atoms with Gasteiger partial charge in [-0.2, -0.15) is 0 Å². The largest absolute Gasteiger partial charge is 0.465 e. The Hall–Kier alpha value is -1.86.